The quantitative estimate of drug-likeness (QED) is 0.620. The van der Waals surface area contributed by atoms with Gasteiger partial charge in [-0.05, 0) is 86.8 Å². The second-order valence-electron chi connectivity index (χ2n) is 11.5. The van der Waals surface area contributed by atoms with Crippen LogP contribution >= 0.6 is 0 Å². The first-order valence-corrected chi connectivity index (χ1v) is 14.6. The first-order chi connectivity index (χ1) is 17.2. The van der Waals surface area contributed by atoms with Crippen LogP contribution in [0, 0.1) is 23.2 Å². The molecule has 10 heteroatoms. The van der Waals surface area contributed by atoms with Crippen LogP contribution in [-0.2, 0) is 24.3 Å². The minimum atomic E-state index is -3.75. The zero-order valence-corrected chi connectivity index (χ0v) is 21.6. The highest BCUT2D eigenvalue weighted by molar-refractivity contribution is 7.89. The third kappa shape index (κ3) is 4.20. The predicted octanol–water partition coefficient (Wildman–Crippen LogP) is 2.15. The molecule has 2 heterocycles. The Balaban J connectivity index is 1.19. The first kappa shape index (κ1) is 24.2. The van der Waals surface area contributed by atoms with Gasteiger partial charge in [-0.1, -0.05) is 0 Å². The molecule has 1 N–H and O–H groups in total. The van der Waals surface area contributed by atoms with Gasteiger partial charge in [-0.2, -0.15) is 4.31 Å². The number of hydrogen-bond donors (Lipinski definition) is 1. The summed E-state index contributed by atoms with van der Waals surface area (Å²) in [5.41, 5.74) is 0.481. The molecule has 2 aliphatic heterocycles. The topological polar surface area (TPSA) is 105 Å². The molecule has 0 unspecified atom stereocenters. The number of morpholine rings is 1. The van der Waals surface area contributed by atoms with Gasteiger partial charge in [0.15, 0.2) is 6.61 Å². The van der Waals surface area contributed by atoms with Gasteiger partial charge in [0.2, 0.25) is 15.9 Å². The Kier molecular flexibility index (Phi) is 6.04. The maximum Gasteiger partial charge on any atom is 0.265 e. The van der Waals surface area contributed by atoms with Crippen molar-refractivity contribution in [1.29, 1.82) is 0 Å². The van der Waals surface area contributed by atoms with E-state index in [0.717, 1.165) is 17.8 Å². The van der Waals surface area contributed by atoms with Crippen molar-refractivity contribution in [3.8, 4) is 5.75 Å². The molecular weight excluding hydrogens is 482 g/mol. The Bertz CT molecular complexity index is 1130. The second-order valence-corrected chi connectivity index (χ2v) is 13.4. The lowest BCUT2D eigenvalue weighted by molar-refractivity contribution is -0.127. The molecule has 36 heavy (non-hydrogen) atoms. The molecule has 6 aliphatic rings. The minimum Gasteiger partial charge on any atom is -0.482 e. The van der Waals surface area contributed by atoms with E-state index in [2.05, 4.69) is 12.2 Å². The van der Waals surface area contributed by atoms with Crippen LogP contribution in [0.2, 0.25) is 0 Å². The lowest BCUT2D eigenvalue weighted by atomic mass is 9.48. The largest absolute Gasteiger partial charge is 0.482 e. The summed E-state index contributed by atoms with van der Waals surface area (Å²) in [7, 11) is -3.75. The van der Waals surface area contributed by atoms with E-state index in [1.54, 1.807) is 6.07 Å². The third-order valence-corrected chi connectivity index (χ3v) is 11.1. The van der Waals surface area contributed by atoms with Crippen LogP contribution in [0.3, 0.4) is 0 Å². The summed E-state index contributed by atoms with van der Waals surface area (Å²) in [4.78, 5) is 27.5. The Hall–Kier alpha value is -2.17. The highest BCUT2D eigenvalue weighted by atomic mass is 32.2. The highest BCUT2D eigenvalue weighted by Gasteiger charge is 2.53. The van der Waals surface area contributed by atoms with E-state index < -0.39 is 10.0 Å². The van der Waals surface area contributed by atoms with E-state index in [0.29, 0.717) is 24.7 Å². The van der Waals surface area contributed by atoms with Gasteiger partial charge in [0.1, 0.15) is 12.3 Å². The van der Waals surface area contributed by atoms with Gasteiger partial charge in [-0.15, -0.1) is 0 Å². The Labute approximate surface area is 212 Å². The summed E-state index contributed by atoms with van der Waals surface area (Å²) in [5.74, 6) is 2.18. The highest BCUT2D eigenvalue weighted by Crippen LogP contribution is 2.61. The van der Waals surface area contributed by atoms with Crippen molar-refractivity contribution in [3.63, 3.8) is 0 Å². The van der Waals surface area contributed by atoms with Gasteiger partial charge in [0.25, 0.3) is 5.91 Å². The number of nitrogens with zero attached hydrogens (tertiary/aromatic N) is 2. The Morgan fingerprint density at radius 3 is 2.39 bits per heavy atom. The van der Waals surface area contributed by atoms with E-state index in [1.165, 1.54) is 59.9 Å². The molecule has 4 bridgehead atoms. The van der Waals surface area contributed by atoms with E-state index in [9.17, 15) is 18.0 Å². The number of anilines is 1. The SMILES string of the molecule is C[C@H](NC(=O)CN1C(=O)COc2ccc(S(=O)(=O)N3CCOCC3)cc21)C12CC3CC(CC(C3)C1)C2. The van der Waals surface area contributed by atoms with Crippen molar-refractivity contribution in [3.05, 3.63) is 18.2 Å². The maximum absolute atomic E-state index is 13.2. The molecule has 0 aromatic heterocycles. The number of ether oxygens (including phenoxy) is 2. The zero-order valence-electron chi connectivity index (χ0n) is 20.8. The number of rotatable bonds is 6. The summed E-state index contributed by atoms with van der Waals surface area (Å²) in [6.07, 6.45) is 7.57. The predicted molar refractivity (Wildman–Crippen MR) is 132 cm³/mol. The molecule has 4 saturated carbocycles. The maximum atomic E-state index is 13.2. The van der Waals surface area contributed by atoms with Crippen molar-refractivity contribution in [2.75, 3.05) is 44.4 Å². The third-order valence-electron chi connectivity index (χ3n) is 9.16. The molecule has 7 rings (SSSR count). The average Bonchev–Trinajstić information content (AvgIpc) is 2.85. The number of fused-ring (bicyclic) bond motifs is 1. The number of nitrogens with one attached hydrogen (secondary N) is 1. The van der Waals surface area contributed by atoms with E-state index in [1.807, 2.05) is 0 Å². The summed E-state index contributed by atoms with van der Waals surface area (Å²) in [6.45, 7) is 3.03. The fourth-order valence-corrected chi connectivity index (χ4v) is 9.17. The molecule has 0 radical (unpaired) electrons. The molecule has 1 atom stereocenters. The molecule has 1 aromatic rings. The van der Waals surface area contributed by atoms with Crippen LogP contribution in [0.15, 0.2) is 23.1 Å². The zero-order chi connectivity index (χ0) is 25.1. The molecule has 1 saturated heterocycles. The minimum absolute atomic E-state index is 0.0436. The number of amides is 2. The van der Waals surface area contributed by atoms with Gasteiger partial charge >= 0.3 is 0 Å². The summed E-state index contributed by atoms with van der Waals surface area (Å²) >= 11 is 0. The average molecular weight is 518 g/mol. The normalized spacial score (nSPS) is 32.6. The molecular formula is C26H35N3O6S. The number of carbonyl (C=O) groups is 2. The van der Waals surface area contributed by atoms with Crippen molar-refractivity contribution in [2.24, 2.45) is 23.2 Å². The number of sulfonamides is 1. The van der Waals surface area contributed by atoms with Gasteiger partial charge in [-0.3, -0.25) is 14.5 Å². The van der Waals surface area contributed by atoms with Crippen LogP contribution in [0.5, 0.6) is 5.75 Å². The van der Waals surface area contributed by atoms with Crippen molar-refractivity contribution in [1.82, 2.24) is 9.62 Å². The smallest absolute Gasteiger partial charge is 0.265 e. The molecule has 5 fully saturated rings. The van der Waals surface area contributed by atoms with Crippen LogP contribution in [0.4, 0.5) is 5.69 Å². The van der Waals surface area contributed by atoms with Crippen LogP contribution in [0.1, 0.15) is 45.4 Å². The molecule has 4 aliphatic carbocycles. The lowest BCUT2D eigenvalue weighted by Crippen LogP contribution is -2.57. The van der Waals surface area contributed by atoms with Gasteiger partial charge < -0.3 is 14.8 Å². The fourth-order valence-electron chi connectivity index (χ4n) is 7.74. The number of carbonyl (C=O) groups excluding carboxylic acids is 2. The van der Waals surface area contributed by atoms with Crippen LogP contribution in [0.25, 0.3) is 0 Å². The molecule has 2 amide bonds. The lowest BCUT2D eigenvalue weighted by Gasteiger charge is -2.59. The summed E-state index contributed by atoms with van der Waals surface area (Å²) in [6, 6.07) is 4.56. The molecule has 1 aromatic carbocycles. The number of benzene rings is 1. The second kappa shape index (κ2) is 8.99. The Morgan fingerprint density at radius 2 is 1.75 bits per heavy atom. The number of hydrogen-bond acceptors (Lipinski definition) is 6. The van der Waals surface area contributed by atoms with Gasteiger partial charge in [0, 0.05) is 19.1 Å². The van der Waals surface area contributed by atoms with E-state index in [-0.39, 0.29) is 54.4 Å². The van der Waals surface area contributed by atoms with Crippen molar-refractivity contribution in [2.45, 2.75) is 56.4 Å². The summed E-state index contributed by atoms with van der Waals surface area (Å²) < 4.78 is 38.6. The van der Waals surface area contributed by atoms with E-state index in [4.69, 9.17) is 9.47 Å². The molecule has 0 spiro atoms. The monoisotopic (exact) mass is 517 g/mol. The first-order valence-electron chi connectivity index (χ1n) is 13.2. The van der Waals surface area contributed by atoms with Gasteiger partial charge in [0.05, 0.1) is 23.8 Å². The van der Waals surface area contributed by atoms with E-state index >= 15 is 0 Å². The van der Waals surface area contributed by atoms with Gasteiger partial charge in [-0.25, -0.2) is 8.42 Å². The van der Waals surface area contributed by atoms with Crippen LogP contribution < -0.4 is 15.0 Å². The summed E-state index contributed by atoms with van der Waals surface area (Å²) in [5, 5.41) is 3.22. The standard InChI is InChI=1S/C26H35N3O6S/c1-17(26-12-18-8-19(13-26)10-20(9-18)14-26)27-24(30)15-29-22-11-21(2-3-23(22)35-16-25(29)31)36(32,33)28-4-6-34-7-5-28/h2-3,11,17-20H,4-10,12-16H2,1H3,(H,27,30)/t17-,18?,19?,20?,26?/m0/s1. The van der Waals surface area contributed by atoms with Crippen LogP contribution in [-0.4, -0.2) is 70.0 Å². The van der Waals surface area contributed by atoms with Crippen molar-refractivity contribution < 1.29 is 27.5 Å². The fraction of sp³-hybridized carbons (Fsp3) is 0.692. The van der Waals surface area contributed by atoms with Crippen molar-refractivity contribution >= 4 is 27.5 Å². The molecule has 9 nitrogen and oxygen atoms in total. The Morgan fingerprint density at radius 1 is 1.11 bits per heavy atom. The molecule has 196 valence electrons.